The van der Waals surface area contributed by atoms with Crippen molar-refractivity contribution >= 4 is 5.91 Å². The number of aromatic nitrogens is 1. The number of rotatable bonds is 6. The fourth-order valence-electron chi connectivity index (χ4n) is 1.99. The van der Waals surface area contributed by atoms with Crippen LogP contribution in [0.25, 0.3) is 0 Å². The molecule has 3 N–H and O–H groups in total. The third-order valence-corrected chi connectivity index (χ3v) is 3.26. The van der Waals surface area contributed by atoms with Gasteiger partial charge in [-0.05, 0) is 18.9 Å². The molecule has 4 heteroatoms. The number of carbonyl (C=O) groups is 1. The van der Waals surface area contributed by atoms with Gasteiger partial charge in [-0.3, -0.25) is 4.79 Å². The minimum Gasteiger partial charge on any atom is -0.391 e. The standard InChI is InChI=1S/C13H22N2O2/c1-4-10(5-2)12(16)8-15-13(17)11-6-7-14-9(11)3/h6-7,10,12,14,16H,4-5,8H2,1-3H3,(H,15,17). The zero-order valence-corrected chi connectivity index (χ0v) is 10.8. The van der Waals surface area contributed by atoms with Gasteiger partial charge in [0.25, 0.3) is 5.91 Å². The lowest BCUT2D eigenvalue weighted by molar-refractivity contribution is 0.0816. The molecule has 0 saturated carbocycles. The molecule has 1 rings (SSSR count). The van der Waals surface area contributed by atoms with E-state index in [-0.39, 0.29) is 11.8 Å². The highest BCUT2D eigenvalue weighted by Crippen LogP contribution is 2.12. The lowest BCUT2D eigenvalue weighted by atomic mass is 9.96. The molecule has 0 aliphatic heterocycles. The third-order valence-electron chi connectivity index (χ3n) is 3.26. The van der Waals surface area contributed by atoms with E-state index in [1.165, 1.54) is 0 Å². The number of aliphatic hydroxyl groups excluding tert-OH is 1. The summed E-state index contributed by atoms with van der Waals surface area (Å²) in [6.07, 6.45) is 3.13. The molecule has 4 nitrogen and oxygen atoms in total. The van der Waals surface area contributed by atoms with E-state index in [1.807, 2.05) is 6.92 Å². The highest BCUT2D eigenvalue weighted by molar-refractivity contribution is 5.95. The molecule has 0 spiro atoms. The molecular formula is C13H22N2O2. The number of carbonyl (C=O) groups excluding carboxylic acids is 1. The van der Waals surface area contributed by atoms with E-state index in [2.05, 4.69) is 24.1 Å². The van der Waals surface area contributed by atoms with Crippen LogP contribution in [0.3, 0.4) is 0 Å². The maximum absolute atomic E-state index is 11.8. The lowest BCUT2D eigenvalue weighted by Gasteiger charge is -2.20. The number of aromatic amines is 1. The van der Waals surface area contributed by atoms with Crippen LogP contribution >= 0.6 is 0 Å². The predicted octanol–water partition coefficient (Wildman–Crippen LogP) is 1.85. The van der Waals surface area contributed by atoms with Crippen LogP contribution in [0.15, 0.2) is 12.3 Å². The minimum atomic E-state index is -0.465. The van der Waals surface area contributed by atoms with Gasteiger partial charge >= 0.3 is 0 Å². The van der Waals surface area contributed by atoms with Crippen molar-refractivity contribution in [3.05, 3.63) is 23.5 Å². The van der Waals surface area contributed by atoms with Crippen LogP contribution in [-0.4, -0.2) is 28.6 Å². The molecular weight excluding hydrogens is 216 g/mol. The summed E-state index contributed by atoms with van der Waals surface area (Å²) in [4.78, 5) is 14.7. The van der Waals surface area contributed by atoms with Gasteiger partial charge in [0.15, 0.2) is 0 Å². The first-order valence-electron chi connectivity index (χ1n) is 6.20. The van der Waals surface area contributed by atoms with Crippen molar-refractivity contribution in [2.24, 2.45) is 5.92 Å². The average molecular weight is 238 g/mol. The van der Waals surface area contributed by atoms with Crippen molar-refractivity contribution < 1.29 is 9.90 Å². The molecule has 96 valence electrons. The molecule has 0 radical (unpaired) electrons. The Morgan fingerprint density at radius 3 is 2.59 bits per heavy atom. The molecule has 1 aromatic rings. The Balaban J connectivity index is 2.46. The van der Waals surface area contributed by atoms with Crippen LogP contribution < -0.4 is 5.32 Å². The Morgan fingerprint density at radius 1 is 1.47 bits per heavy atom. The quantitative estimate of drug-likeness (QED) is 0.708. The number of nitrogens with one attached hydrogen (secondary N) is 2. The summed E-state index contributed by atoms with van der Waals surface area (Å²) < 4.78 is 0. The minimum absolute atomic E-state index is 0.131. The van der Waals surface area contributed by atoms with Crippen LogP contribution in [0.2, 0.25) is 0 Å². The van der Waals surface area contributed by atoms with Crippen molar-refractivity contribution in [1.29, 1.82) is 0 Å². The Labute approximate surface area is 102 Å². The zero-order valence-electron chi connectivity index (χ0n) is 10.8. The Hall–Kier alpha value is -1.29. The van der Waals surface area contributed by atoms with Gasteiger partial charge in [-0.15, -0.1) is 0 Å². The summed E-state index contributed by atoms with van der Waals surface area (Å²) in [5.74, 6) is 0.122. The molecule has 1 amide bonds. The lowest BCUT2D eigenvalue weighted by Crippen LogP contribution is -2.36. The van der Waals surface area contributed by atoms with Gasteiger partial charge in [0.05, 0.1) is 11.7 Å². The van der Waals surface area contributed by atoms with Gasteiger partial charge in [0, 0.05) is 18.4 Å². The number of aryl methyl sites for hydroxylation is 1. The number of aliphatic hydroxyl groups is 1. The number of hydrogen-bond acceptors (Lipinski definition) is 2. The Morgan fingerprint density at radius 2 is 2.12 bits per heavy atom. The maximum atomic E-state index is 11.8. The summed E-state index contributed by atoms with van der Waals surface area (Å²) in [6.45, 7) is 6.27. The van der Waals surface area contributed by atoms with Crippen LogP contribution in [-0.2, 0) is 0 Å². The summed E-state index contributed by atoms with van der Waals surface area (Å²) >= 11 is 0. The third kappa shape index (κ3) is 3.60. The second-order valence-electron chi connectivity index (χ2n) is 4.37. The first-order valence-corrected chi connectivity index (χ1v) is 6.20. The van der Waals surface area contributed by atoms with Crippen LogP contribution in [0.1, 0.15) is 42.7 Å². The smallest absolute Gasteiger partial charge is 0.253 e. The molecule has 1 heterocycles. The fourth-order valence-corrected chi connectivity index (χ4v) is 1.99. The summed E-state index contributed by atoms with van der Waals surface area (Å²) in [5, 5.41) is 12.7. The molecule has 0 saturated heterocycles. The highest BCUT2D eigenvalue weighted by atomic mass is 16.3. The van der Waals surface area contributed by atoms with Crippen molar-refractivity contribution in [2.75, 3.05) is 6.54 Å². The molecule has 0 bridgehead atoms. The molecule has 0 aromatic carbocycles. The molecule has 0 aliphatic carbocycles. The molecule has 1 unspecified atom stereocenters. The maximum Gasteiger partial charge on any atom is 0.253 e. The fraction of sp³-hybridized carbons (Fsp3) is 0.615. The zero-order chi connectivity index (χ0) is 12.8. The van der Waals surface area contributed by atoms with Crippen molar-refractivity contribution in [3.63, 3.8) is 0 Å². The second kappa shape index (κ2) is 6.45. The van der Waals surface area contributed by atoms with Crippen LogP contribution in [0.4, 0.5) is 0 Å². The topological polar surface area (TPSA) is 65.1 Å². The number of amides is 1. The molecule has 0 fully saturated rings. The molecule has 1 atom stereocenters. The van der Waals surface area contributed by atoms with Gasteiger partial charge in [0.1, 0.15) is 0 Å². The van der Waals surface area contributed by atoms with E-state index in [9.17, 15) is 9.90 Å². The van der Waals surface area contributed by atoms with E-state index in [4.69, 9.17) is 0 Å². The van der Waals surface area contributed by atoms with Crippen molar-refractivity contribution in [1.82, 2.24) is 10.3 Å². The Bertz CT molecular complexity index is 356. The van der Waals surface area contributed by atoms with Crippen LogP contribution in [0, 0.1) is 12.8 Å². The van der Waals surface area contributed by atoms with Gasteiger partial charge in [-0.25, -0.2) is 0 Å². The van der Waals surface area contributed by atoms with Gasteiger partial charge in [-0.1, -0.05) is 26.7 Å². The van der Waals surface area contributed by atoms with Crippen molar-refractivity contribution in [2.45, 2.75) is 39.7 Å². The highest BCUT2D eigenvalue weighted by Gasteiger charge is 2.17. The number of hydrogen-bond donors (Lipinski definition) is 3. The van der Waals surface area contributed by atoms with E-state index in [1.54, 1.807) is 12.3 Å². The van der Waals surface area contributed by atoms with E-state index >= 15 is 0 Å². The van der Waals surface area contributed by atoms with Gasteiger partial charge < -0.3 is 15.4 Å². The van der Waals surface area contributed by atoms with Crippen molar-refractivity contribution in [3.8, 4) is 0 Å². The largest absolute Gasteiger partial charge is 0.391 e. The monoisotopic (exact) mass is 238 g/mol. The first-order chi connectivity index (χ1) is 8.10. The normalized spacial score (nSPS) is 12.8. The second-order valence-corrected chi connectivity index (χ2v) is 4.37. The summed E-state index contributed by atoms with van der Waals surface area (Å²) in [5.41, 5.74) is 1.49. The summed E-state index contributed by atoms with van der Waals surface area (Å²) in [6, 6.07) is 1.74. The SMILES string of the molecule is CCC(CC)C(O)CNC(=O)c1cc[nH]c1C. The summed E-state index contributed by atoms with van der Waals surface area (Å²) in [7, 11) is 0. The Kier molecular flexibility index (Phi) is 5.22. The first kappa shape index (κ1) is 13.8. The van der Waals surface area contributed by atoms with E-state index in [0.29, 0.717) is 12.1 Å². The average Bonchev–Trinajstić information content (AvgIpc) is 2.74. The van der Waals surface area contributed by atoms with Crippen LogP contribution in [0.5, 0.6) is 0 Å². The molecule has 0 aliphatic rings. The number of H-pyrrole nitrogens is 1. The van der Waals surface area contributed by atoms with E-state index in [0.717, 1.165) is 18.5 Å². The van der Waals surface area contributed by atoms with E-state index < -0.39 is 6.10 Å². The predicted molar refractivity (Wildman–Crippen MR) is 67.9 cm³/mol. The molecule has 17 heavy (non-hydrogen) atoms. The van der Waals surface area contributed by atoms with Gasteiger partial charge in [-0.2, -0.15) is 0 Å². The van der Waals surface area contributed by atoms with Gasteiger partial charge in [0.2, 0.25) is 0 Å². The molecule has 1 aromatic heterocycles.